The maximum atomic E-state index is 12.4. The van der Waals surface area contributed by atoms with Crippen LogP contribution in [0.4, 0.5) is 0 Å². The molecular weight excluding hydrogens is 544 g/mol. The maximum Gasteiger partial charge on any atom is 0.336 e. The summed E-state index contributed by atoms with van der Waals surface area (Å²) < 4.78 is 39.4. The number of aryl methyl sites for hydroxylation is 1. The second-order valence-electron chi connectivity index (χ2n) is 10.2. The molecule has 0 radical (unpaired) electrons. The Morgan fingerprint density at radius 3 is 2.44 bits per heavy atom. The summed E-state index contributed by atoms with van der Waals surface area (Å²) in [6.07, 6.45) is -6.05. The first kappa shape index (κ1) is 28.8. The number of aliphatic hydroxyl groups excluding tert-OH is 4. The average Bonchev–Trinajstić information content (AvgIpc) is 3.40. The number of furan rings is 1. The van der Waals surface area contributed by atoms with Gasteiger partial charge in [0, 0.05) is 18.2 Å². The van der Waals surface area contributed by atoms with Crippen LogP contribution >= 0.6 is 0 Å². The van der Waals surface area contributed by atoms with Gasteiger partial charge in [-0.05, 0) is 32.9 Å². The molecule has 0 aliphatic carbocycles. The van der Waals surface area contributed by atoms with Crippen LogP contribution in [0.15, 0.2) is 65.7 Å². The van der Waals surface area contributed by atoms with Crippen molar-refractivity contribution in [1.82, 2.24) is 0 Å². The van der Waals surface area contributed by atoms with Crippen LogP contribution in [0, 0.1) is 6.92 Å². The molecule has 0 bridgehead atoms. The number of aliphatic hydroxyl groups is 4. The van der Waals surface area contributed by atoms with Gasteiger partial charge in [-0.1, -0.05) is 0 Å². The lowest BCUT2D eigenvalue weighted by Gasteiger charge is -2.45. The predicted octanol–water partition coefficient (Wildman–Crippen LogP) is 1.22. The van der Waals surface area contributed by atoms with Crippen LogP contribution in [0.2, 0.25) is 0 Å². The van der Waals surface area contributed by atoms with Gasteiger partial charge < -0.3 is 52.6 Å². The third-order valence-electron chi connectivity index (χ3n) is 7.00. The molecule has 1 aromatic carbocycles. The van der Waals surface area contributed by atoms with E-state index in [9.17, 15) is 30.0 Å². The summed E-state index contributed by atoms with van der Waals surface area (Å²) in [6.45, 7) is 3.56. The molecule has 1 fully saturated rings. The average molecular weight is 575 g/mol. The molecular formula is C28H30O13. The summed E-state index contributed by atoms with van der Waals surface area (Å²) in [4.78, 5) is 24.1. The Bertz CT molecular complexity index is 1630. The molecule has 0 amide bonds. The van der Waals surface area contributed by atoms with Gasteiger partial charge in [-0.3, -0.25) is 4.79 Å². The maximum absolute atomic E-state index is 12.4. The number of hydrogen-bond donors (Lipinski definition) is 4. The molecule has 1 saturated heterocycles. The lowest BCUT2D eigenvalue weighted by Crippen LogP contribution is -2.63. The molecule has 13 nitrogen and oxygen atoms in total. The van der Waals surface area contributed by atoms with Crippen LogP contribution in [0.25, 0.3) is 21.9 Å². The highest BCUT2D eigenvalue weighted by Crippen LogP contribution is 2.36. The normalized spacial score (nSPS) is 24.0. The zero-order chi connectivity index (χ0) is 29.5. The van der Waals surface area contributed by atoms with Crippen LogP contribution in [0.1, 0.15) is 19.6 Å². The summed E-state index contributed by atoms with van der Waals surface area (Å²) in [7, 11) is 0. The van der Waals surface area contributed by atoms with Gasteiger partial charge in [0.25, 0.3) is 0 Å². The molecule has 13 heteroatoms. The molecule has 1 unspecified atom stereocenters. The first-order valence-corrected chi connectivity index (χ1v) is 12.8. The summed E-state index contributed by atoms with van der Waals surface area (Å²) in [6, 6.07) is 7.15. The second-order valence-corrected chi connectivity index (χ2v) is 10.2. The van der Waals surface area contributed by atoms with E-state index < -0.39 is 60.1 Å². The van der Waals surface area contributed by atoms with Gasteiger partial charge in [0.05, 0.1) is 35.5 Å². The third-order valence-corrected chi connectivity index (χ3v) is 7.00. The van der Waals surface area contributed by atoms with E-state index in [2.05, 4.69) is 0 Å². The van der Waals surface area contributed by atoms with E-state index in [1.165, 1.54) is 45.4 Å². The first-order valence-electron chi connectivity index (χ1n) is 12.8. The second kappa shape index (κ2) is 11.3. The number of ether oxygens (including phenoxy) is 4. The number of rotatable bonds is 9. The van der Waals surface area contributed by atoms with E-state index in [-0.39, 0.29) is 23.7 Å². The van der Waals surface area contributed by atoms with Gasteiger partial charge in [0.2, 0.25) is 17.5 Å². The quantitative estimate of drug-likeness (QED) is 0.209. The van der Waals surface area contributed by atoms with E-state index in [1.54, 1.807) is 12.1 Å². The number of fused-ring (bicyclic) bond motifs is 2. The predicted molar refractivity (Wildman–Crippen MR) is 141 cm³/mol. The summed E-state index contributed by atoms with van der Waals surface area (Å²) >= 11 is 0. The lowest BCUT2D eigenvalue weighted by molar-refractivity contribution is -0.312. The van der Waals surface area contributed by atoms with Crippen molar-refractivity contribution < 1.29 is 52.6 Å². The van der Waals surface area contributed by atoms with Gasteiger partial charge in [-0.15, -0.1) is 0 Å². The largest absolute Gasteiger partial charge is 0.489 e. The van der Waals surface area contributed by atoms with Gasteiger partial charge in [-0.25, -0.2) is 4.79 Å². The molecule has 4 aromatic rings. The van der Waals surface area contributed by atoms with Crippen LogP contribution < -0.4 is 20.5 Å². The minimum Gasteiger partial charge on any atom is -0.489 e. The third kappa shape index (κ3) is 5.60. The smallest absolute Gasteiger partial charge is 0.336 e. The topological polar surface area (TPSA) is 191 Å². The molecule has 1 aliphatic heterocycles. The van der Waals surface area contributed by atoms with E-state index in [1.807, 2.05) is 0 Å². The van der Waals surface area contributed by atoms with Crippen molar-refractivity contribution in [2.45, 2.75) is 63.2 Å². The van der Waals surface area contributed by atoms with E-state index >= 15 is 0 Å². The lowest BCUT2D eigenvalue weighted by atomic mass is 9.96. The molecule has 0 saturated carbocycles. The van der Waals surface area contributed by atoms with E-state index in [0.29, 0.717) is 22.1 Å². The monoisotopic (exact) mass is 574 g/mol. The molecule has 3 aromatic heterocycles. The Morgan fingerprint density at radius 1 is 0.976 bits per heavy atom. The molecule has 41 heavy (non-hydrogen) atoms. The van der Waals surface area contributed by atoms with Gasteiger partial charge in [0.1, 0.15) is 59.8 Å². The fraction of sp³-hybridized carbons (Fsp3) is 0.429. The fourth-order valence-electron chi connectivity index (χ4n) is 4.59. The molecule has 1 aliphatic rings. The molecule has 6 atom stereocenters. The van der Waals surface area contributed by atoms with Crippen molar-refractivity contribution in [3.05, 3.63) is 69.3 Å². The zero-order valence-electron chi connectivity index (χ0n) is 22.4. The molecule has 220 valence electrons. The molecule has 5 rings (SSSR count). The molecule has 4 heterocycles. The van der Waals surface area contributed by atoms with Crippen molar-refractivity contribution in [1.29, 1.82) is 0 Å². The van der Waals surface area contributed by atoms with Gasteiger partial charge >= 0.3 is 5.63 Å². The van der Waals surface area contributed by atoms with Crippen molar-refractivity contribution in [3.63, 3.8) is 0 Å². The Kier molecular flexibility index (Phi) is 7.92. The highest BCUT2D eigenvalue weighted by molar-refractivity contribution is 6.01. The number of hydrogen-bond acceptors (Lipinski definition) is 13. The first-order chi connectivity index (χ1) is 19.5. The van der Waals surface area contributed by atoms with Crippen LogP contribution in [-0.2, 0) is 9.47 Å². The Hall–Kier alpha value is -3.72. The fourth-order valence-corrected chi connectivity index (χ4v) is 4.59. The molecule has 4 N–H and O–H groups in total. The van der Waals surface area contributed by atoms with Gasteiger partial charge in [0.15, 0.2) is 0 Å². The Balaban J connectivity index is 1.38. The van der Waals surface area contributed by atoms with E-state index in [4.69, 9.17) is 32.2 Å². The zero-order valence-corrected chi connectivity index (χ0v) is 22.4. The van der Waals surface area contributed by atoms with Crippen molar-refractivity contribution in [2.75, 3.05) is 13.2 Å². The van der Waals surface area contributed by atoms with Crippen molar-refractivity contribution >= 4 is 21.9 Å². The van der Waals surface area contributed by atoms with Gasteiger partial charge in [-0.2, -0.15) is 0 Å². The Labute approximate surface area is 232 Å². The highest BCUT2D eigenvalue weighted by atomic mass is 16.7. The standard InChI is InChI=1S/C28H30O13/c1-13-24(16(30)7-9-35-13)40-27-26(23(34)22(33)19(11-29)39-27)41-28(2,3)20(31)12-37-25-14-4-5-21(32)38-18(14)10-17-15(25)6-8-36-17/h4-10,19-20,22-23,26-27,29,31,33-34H,11-12H2,1-3H3/t19-,20?,22-,23+,26-,27+/m1/s1. The minimum atomic E-state index is -1.64. The summed E-state index contributed by atoms with van der Waals surface area (Å²) in [5.41, 5.74) is -1.90. The van der Waals surface area contributed by atoms with Crippen LogP contribution in [-0.4, -0.2) is 76.1 Å². The Morgan fingerprint density at radius 2 is 1.71 bits per heavy atom. The van der Waals surface area contributed by atoms with Crippen molar-refractivity contribution in [3.8, 4) is 11.5 Å². The number of benzene rings is 1. The van der Waals surface area contributed by atoms with Crippen molar-refractivity contribution in [2.24, 2.45) is 0 Å². The van der Waals surface area contributed by atoms with Crippen LogP contribution in [0.3, 0.4) is 0 Å². The van der Waals surface area contributed by atoms with Crippen LogP contribution in [0.5, 0.6) is 11.5 Å². The molecule has 0 spiro atoms. The minimum absolute atomic E-state index is 0.130. The summed E-state index contributed by atoms with van der Waals surface area (Å²) in [5, 5.41) is 43.3. The highest BCUT2D eigenvalue weighted by Gasteiger charge is 2.49. The SMILES string of the molecule is Cc1occc(=O)c1O[C@@H]1O[C@H](CO)[C@@H](O)[C@H](O)[C@H]1OC(C)(C)C(O)COc1c2ccoc2cc2oc(=O)ccc12. The summed E-state index contributed by atoms with van der Waals surface area (Å²) in [5.74, 6) is 0.226. The van der Waals surface area contributed by atoms with E-state index in [0.717, 1.165) is 6.07 Å².